The first-order valence-electron chi connectivity index (χ1n) is 7.58. The van der Waals surface area contributed by atoms with Crippen molar-refractivity contribution in [2.45, 2.75) is 25.4 Å². The van der Waals surface area contributed by atoms with E-state index in [1.54, 1.807) is 0 Å². The van der Waals surface area contributed by atoms with Crippen LogP contribution in [-0.2, 0) is 0 Å². The Balaban J connectivity index is 1.55. The summed E-state index contributed by atoms with van der Waals surface area (Å²) >= 11 is 0. The van der Waals surface area contributed by atoms with E-state index < -0.39 is 0 Å². The number of nitrogens with one attached hydrogen (secondary N) is 1. The Kier molecular flexibility index (Phi) is 4.16. The van der Waals surface area contributed by atoms with Crippen molar-refractivity contribution in [2.75, 3.05) is 39.3 Å². The zero-order valence-electron chi connectivity index (χ0n) is 11.9. The van der Waals surface area contributed by atoms with Gasteiger partial charge in [-0.3, -0.25) is 9.80 Å². The highest BCUT2D eigenvalue weighted by molar-refractivity contribution is 5.18. The Hall–Kier alpha value is -0.900. The molecular formula is C16H25N3. The van der Waals surface area contributed by atoms with Crippen LogP contribution in [0.1, 0.15) is 24.9 Å². The number of piperazine rings is 1. The minimum Gasteiger partial charge on any atom is -0.315 e. The van der Waals surface area contributed by atoms with Crippen molar-refractivity contribution in [3.8, 4) is 0 Å². The van der Waals surface area contributed by atoms with Crippen molar-refractivity contribution in [3.05, 3.63) is 35.9 Å². The van der Waals surface area contributed by atoms with Gasteiger partial charge < -0.3 is 5.32 Å². The van der Waals surface area contributed by atoms with E-state index in [0.717, 1.165) is 6.04 Å². The number of nitrogens with zero attached hydrogens (tertiary/aromatic N) is 2. The number of benzene rings is 1. The average molecular weight is 259 g/mol. The summed E-state index contributed by atoms with van der Waals surface area (Å²) in [7, 11) is 0. The molecule has 19 heavy (non-hydrogen) atoms. The minimum absolute atomic E-state index is 0.546. The molecule has 2 heterocycles. The Morgan fingerprint density at radius 1 is 1.11 bits per heavy atom. The van der Waals surface area contributed by atoms with Gasteiger partial charge in [-0.05, 0) is 25.5 Å². The molecule has 3 heteroatoms. The van der Waals surface area contributed by atoms with E-state index in [-0.39, 0.29) is 0 Å². The Morgan fingerprint density at radius 2 is 1.84 bits per heavy atom. The standard InChI is InChI=1S/C16H25N3/c1-14(15-5-3-2-4-6-15)18-9-11-19(12-10-18)16-7-8-17-13-16/h2-6,14,16-17H,7-13H2,1H3. The first-order chi connectivity index (χ1) is 9.34. The summed E-state index contributed by atoms with van der Waals surface area (Å²) in [6, 6.07) is 12.2. The molecule has 2 fully saturated rings. The van der Waals surface area contributed by atoms with Crippen molar-refractivity contribution in [1.29, 1.82) is 0 Å². The topological polar surface area (TPSA) is 18.5 Å². The van der Waals surface area contributed by atoms with Gasteiger partial charge in [0.1, 0.15) is 0 Å². The molecule has 3 rings (SSSR count). The zero-order chi connectivity index (χ0) is 13.1. The first kappa shape index (κ1) is 13.1. The molecule has 0 aromatic heterocycles. The molecule has 1 aromatic carbocycles. The van der Waals surface area contributed by atoms with Crippen LogP contribution < -0.4 is 5.32 Å². The molecule has 2 unspecified atom stereocenters. The predicted molar refractivity (Wildman–Crippen MR) is 79.3 cm³/mol. The van der Waals surface area contributed by atoms with E-state index in [2.05, 4.69) is 52.4 Å². The highest BCUT2D eigenvalue weighted by Gasteiger charge is 2.27. The molecule has 2 aliphatic heterocycles. The molecule has 104 valence electrons. The lowest BCUT2D eigenvalue weighted by Crippen LogP contribution is -2.51. The largest absolute Gasteiger partial charge is 0.315 e. The monoisotopic (exact) mass is 259 g/mol. The van der Waals surface area contributed by atoms with Crippen molar-refractivity contribution in [2.24, 2.45) is 0 Å². The van der Waals surface area contributed by atoms with Gasteiger partial charge >= 0.3 is 0 Å². The lowest BCUT2D eigenvalue weighted by atomic mass is 10.1. The van der Waals surface area contributed by atoms with Gasteiger partial charge in [0.25, 0.3) is 0 Å². The second kappa shape index (κ2) is 6.04. The highest BCUT2D eigenvalue weighted by atomic mass is 15.3. The first-order valence-corrected chi connectivity index (χ1v) is 7.58. The summed E-state index contributed by atoms with van der Waals surface area (Å²) in [4.78, 5) is 5.29. The van der Waals surface area contributed by atoms with E-state index in [1.165, 1.54) is 51.3 Å². The Bertz CT molecular complexity index is 378. The summed E-state index contributed by atoms with van der Waals surface area (Å²) < 4.78 is 0. The molecule has 0 aliphatic carbocycles. The van der Waals surface area contributed by atoms with Crippen LogP contribution in [0.15, 0.2) is 30.3 Å². The molecule has 2 saturated heterocycles. The van der Waals surface area contributed by atoms with Crippen LogP contribution in [0.2, 0.25) is 0 Å². The van der Waals surface area contributed by atoms with Gasteiger partial charge in [-0.2, -0.15) is 0 Å². The maximum Gasteiger partial charge on any atom is 0.0320 e. The minimum atomic E-state index is 0.546. The summed E-state index contributed by atoms with van der Waals surface area (Å²) in [6.45, 7) is 9.58. The maximum atomic E-state index is 3.47. The van der Waals surface area contributed by atoms with E-state index in [0.29, 0.717) is 6.04 Å². The van der Waals surface area contributed by atoms with Gasteiger partial charge in [-0.1, -0.05) is 30.3 Å². The van der Waals surface area contributed by atoms with E-state index in [9.17, 15) is 0 Å². The molecule has 1 aromatic rings. The fraction of sp³-hybridized carbons (Fsp3) is 0.625. The van der Waals surface area contributed by atoms with Gasteiger partial charge in [0, 0.05) is 44.8 Å². The van der Waals surface area contributed by atoms with Crippen LogP contribution in [-0.4, -0.2) is 55.1 Å². The van der Waals surface area contributed by atoms with Gasteiger partial charge in [0.15, 0.2) is 0 Å². The lowest BCUT2D eigenvalue weighted by molar-refractivity contribution is 0.0787. The molecule has 0 saturated carbocycles. The SMILES string of the molecule is CC(c1ccccc1)N1CCN(C2CCNC2)CC1. The summed E-state index contributed by atoms with van der Waals surface area (Å²) in [5.74, 6) is 0. The lowest BCUT2D eigenvalue weighted by Gasteiger charge is -2.40. The third-order valence-corrected chi connectivity index (χ3v) is 4.73. The molecule has 0 amide bonds. The fourth-order valence-corrected chi connectivity index (χ4v) is 3.38. The number of hydrogen-bond acceptors (Lipinski definition) is 3. The fourth-order valence-electron chi connectivity index (χ4n) is 3.38. The molecule has 2 aliphatic rings. The van der Waals surface area contributed by atoms with E-state index >= 15 is 0 Å². The Labute approximate surface area is 116 Å². The molecular weight excluding hydrogens is 234 g/mol. The van der Waals surface area contributed by atoms with Crippen LogP contribution in [0.25, 0.3) is 0 Å². The van der Waals surface area contributed by atoms with E-state index in [1.807, 2.05) is 0 Å². The average Bonchev–Trinajstić information content (AvgIpc) is 3.02. The van der Waals surface area contributed by atoms with Crippen LogP contribution in [0.3, 0.4) is 0 Å². The molecule has 2 atom stereocenters. The molecule has 0 radical (unpaired) electrons. The van der Waals surface area contributed by atoms with Crippen LogP contribution in [0.5, 0.6) is 0 Å². The van der Waals surface area contributed by atoms with Crippen LogP contribution >= 0.6 is 0 Å². The normalized spacial score (nSPS) is 27.5. The summed E-state index contributed by atoms with van der Waals surface area (Å²) in [5.41, 5.74) is 1.44. The van der Waals surface area contributed by atoms with Crippen molar-refractivity contribution in [1.82, 2.24) is 15.1 Å². The van der Waals surface area contributed by atoms with Crippen molar-refractivity contribution in [3.63, 3.8) is 0 Å². The zero-order valence-corrected chi connectivity index (χ0v) is 11.9. The second-order valence-corrected chi connectivity index (χ2v) is 5.81. The maximum absolute atomic E-state index is 3.47. The molecule has 0 spiro atoms. The van der Waals surface area contributed by atoms with Crippen molar-refractivity contribution < 1.29 is 0 Å². The molecule has 1 N–H and O–H groups in total. The number of hydrogen-bond donors (Lipinski definition) is 1. The number of rotatable bonds is 3. The quantitative estimate of drug-likeness (QED) is 0.892. The highest BCUT2D eigenvalue weighted by Crippen LogP contribution is 2.22. The van der Waals surface area contributed by atoms with E-state index in [4.69, 9.17) is 0 Å². The smallest absolute Gasteiger partial charge is 0.0320 e. The third-order valence-electron chi connectivity index (χ3n) is 4.73. The van der Waals surface area contributed by atoms with Crippen LogP contribution in [0.4, 0.5) is 0 Å². The molecule has 3 nitrogen and oxygen atoms in total. The van der Waals surface area contributed by atoms with Crippen LogP contribution in [0, 0.1) is 0 Å². The van der Waals surface area contributed by atoms with Crippen molar-refractivity contribution >= 4 is 0 Å². The Morgan fingerprint density at radius 3 is 2.47 bits per heavy atom. The van der Waals surface area contributed by atoms with Gasteiger partial charge in [-0.25, -0.2) is 0 Å². The summed E-state index contributed by atoms with van der Waals surface area (Å²) in [6.07, 6.45) is 1.33. The van der Waals surface area contributed by atoms with Gasteiger partial charge in [-0.15, -0.1) is 0 Å². The van der Waals surface area contributed by atoms with Gasteiger partial charge in [0.05, 0.1) is 0 Å². The summed E-state index contributed by atoms with van der Waals surface area (Å²) in [5, 5.41) is 3.47. The third kappa shape index (κ3) is 2.99. The predicted octanol–water partition coefficient (Wildman–Crippen LogP) is 1.73. The second-order valence-electron chi connectivity index (χ2n) is 5.81. The van der Waals surface area contributed by atoms with Gasteiger partial charge in [0.2, 0.25) is 0 Å². The molecule has 0 bridgehead atoms.